The smallest absolute Gasteiger partial charge is 0.359 e. The Morgan fingerprint density at radius 2 is 1.32 bits per heavy atom. The van der Waals surface area contributed by atoms with E-state index < -0.39 is 36.8 Å². The van der Waals surface area contributed by atoms with Gasteiger partial charge in [-0.3, -0.25) is 8.37 Å². The predicted octanol–water partition coefficient (Wildman–Crippen LogP) is 0.862. The molecule has 19 heavy (non-hydrogen) atoms. The molecule has 0 heterocycles. The van der Waals surface area contributed by atoms with E-state index in [0.717, 1.165) is 0 Å². The van der Waals surface area contributed by atoms with E-state index in [2.05, 4.69) is 13.2 Å². The molecule has 0 rings (SSSR count). The molecule has 0 aliphatic rings. The zero-order valence-corrected chi connectivity index (χ0v) is 12.9. The quantitative estimate of drug-likeness (QED) is 0.235. The van der Waals surface area contributed by atoms with Crippen molar-refractivity contribution in [3.63, 3.8) is 0 Å². The Labute approximate surface area is 113 Å². The van der Waals surface area contributed by atoms with Crippen LogP contribution in [0.3, 0.4) is 0 Å². The van der Waals surface area contributed by atoms with Gasteiger partial charge in [-0.2, -0.15) is 16.8 Å². The van der Waals surface area contributed by atoms with Crippen LogP contribution >= 0.6 is 0 Å². The minimum atomic E-state index is -4.71. The lowest BCUT2D eigenvalue weighted by Gasteiger charge is -2.10. The minimum Gasteiger partial charge on any atom is -0.359 e. The molecular weight excluding hydrogens is 296 g/mol. The summed E-state index contributed by atoms with van der Waals surface area (Å²) in [6.07, 6.45) is -0.824. The van der Waals surface area contributed by atoms with E-state index in [1.165, 1.54) is 13.8 Å². The number of nitrogens with zero attached hydrogens (tertiary/aromatic N) is 2. The van der Waals surface area contributed by atoms with Crippen molar-refractivity contribution >= 4 is 24.6 Å². The predicted molar refractivity (Wildman–Crippen MR) is 68.1 cm³/mol. The lowest BCUT2D eigenvalue weighted by molar-refractivity contribution is 0.00113. The average molecular weight is 314 g/mol. The molecule has 0 aliphatic carbocycles. The van der Waals surface area contributed by atoms with Gasteiger partial charge in [0.25, 0.3) is 0 Å². The fraction of sp³-hybridized carbons (Fsp3) is 0.889. The van der Waals surface area contributed by atoms with Crippen molar-refractivity contribution in [3.8, 4) is 0 Å². The van der Waals surface area contributed by atoms with E-state index in [1.54, 1.807) is 13.8 Å². The highest BCUT2D eigenvalue weighted by molar-refractivity contribution is 8.27. The molecule has 0 saturated heterocycles. The van der Waals surface area contributed by atoms with Gasteiger partial charge in [0, 0.05) is 0 Å². The van der Waals surface area contributed by atoms with Crippen LogP contribution in [0.2, 0.25) is 0 Å². The molecule has 0 aromatic carbocycles. The second-order valence-corrected chi connectivity index (χ2v) is 7.14. The van der Waals surface area contributed by atoms with Crippen LogP contribution < -0.4 is 0 Å². The summed E-state index contributed by atoms with van der Waals surface area (Å²) in [5.41, 5.74) is 8.64. The summed E-state index contributed by atoms with van der Waals surface area (Å²) < 4.78 is 54.3. The fourth-order valence-electron chi connectivity index (χ4n) is 0.876. The molecule has 0 aliphatic heterocycles. The third kappa shape index (κ3) is 5.37. The van der Waals surface area contributed by atoms with Crippen molar-refractivity contribution < 1.29 is 30.0 Å². The maximum Gasteiger partial charge on any atom is 0.546 e. The molecule has 0 amide bonds. The summed E-state index contributed by atoms with van der Waals surface area (Å²) in [5.74, 6) is 0. The first kappa shape index (κ1) is 18.2. The van der Waals surface area contributed by atoms with Gasteiger partial charge in [0.1, 0.15) is 0 Å². The van der Waals surface area contributed by atoms with E-state index in [-0.39, 0.29) is 0 Å². The molecule has 0 bridgehead atoms. The van der Waals surface area contributed by atoms with Gasteiger partial charge in [-0.05, 0) is 26.7 Å². The molecule has 0 aromatic rings. The first-order chi connectivity index (χ1) is 8.60. The summed E-state index contributed by atoms with van der Waals surface area (Å²) in [4.78, 5) is 2.30. The summed E-state index contributed by atoms with van der Waals surface area (Å²) in [6.45, 7) is 6.18. The average Bonchev–Trinajstić information content (AvgIpc) is 2.27. The van der Waals surface area contributed by atoms with Crippen LogP contribution in [0.15, 0.2) is 0 Å². The third-order valence-corrected chi connectivity index (χ3v) is 5.65. The van der Waals surface area contributed by atoms with Crippen molar-refractivity contribution in [2.24, 2.45) is 0 Å². The second kappa shape index (κ2) is 7.11. The van der Waals surface area contributed by atoms with Gasteiger partial charge >= 0.3 is 24.6 Å². The van der Waals surface area contributed by atoms with E-state index in [1.807, 2.05) is 0 Å². The van der Waals surface area contributed by atoms with Crippen LogP contribution in [0.1, 0.15) is 40.5 Å². The molecule has 0 radical (unpaired) electrons. The highest BCUT2D eigenvalue weighted by atomic mass is 32.3. The van der Waals surface area contributed by atoms with Gasteiger partial charge in [-0.1, -0.05) is 13.8 Å². The van der Waals surface area contributed by atoms with Gasteiger partial charge in [0.15, 0.2) is 0 Å². The van der Waals surface area contributed by atoms with E-state index in [9.17, 15) is 16.8 Å². The minimum absolute atomic E-state index is 0.338. The number of rotatable bonds is 6. The van der Waals surface area contributed by atoms with Gasteiger partial charge in [-0.15, -0.1) is 4.79 Å². The molecule has 112 valence electrons. The Morgan fingerprint density at radius 3 is 1.53 bits per heavy atom. The van der Waals surface area contributed by atoms with Crippen LogP contribution in [-0.2, 0) is 28.6 Å². The zero-order chi connectivity index (χ0) is 15.3. The Balaban J connectivity index is 5.41. The van der Waals surface area contributed by atoms with Gasteiger partial charge < -0.3 is 5.53 Å². The van der Waals surface area contributed by atoms with E-state index >= 15 is 0 Å². The highest BCUT2D eigenvalue weighted by Crippen LogP contribution is 2.12. The van der Waals surface area contributed by atoms with Gasteiger partial charge in [0.2, 0.25) is 0 Å². The molecule has 10 heteroatoms. The molecular formula is C9H18N2O6S2. The van der Waals surface area contributed by atoms with Crippen LogP contribution in [0.4, 0.5) is 0 Å². The monoisotopic (exact) mass is 314 g/mol. The molecule has 0 aromatic heterocycles. The zero-order valence-electron chi connectivity index (χ0n) is 11.2. The largest absolute Gasteiger partial charge is 0.546 e. The standard InChI is InChI=1S/C9H18N2O6S2/c1-5-7(3)16-18(12,13)9(11-10)19(14,15)17-8(4)6-2/h7-8H,5-6H2,1-4H3. The molecule has 8 nitrogen and oxygen atoms in total. The van der Waals surface area contributed by atoms with Crippen molar-refractivity contribution in [1.29, 1.82) is 0 Å². The van der Waals surface area contributed by atoms with E-state index in [0.29, 0.717) is 12.8 Å². The highest BCUT2D eigenvalue weighted by Gasteiger charge is 2.45. The Hall–Kier alpha value is -0.800. The maximum absolute atomic E-state index is 11.7. The van der Waals surface area contributed by atoms with Crippen molar-refractivity contribution in [3.05, 3.63) is 5.53 Å². The van der Waals surface area contributed by atoms with Crippen molar-refractivity contribution in [2.45, 2.75) is 52.7 Å². The maximum atomic E-state index is 11.7. The van der Waals surface area contributed by atoms with Crippen molar-refractivity contribution in [2.75, 3.05) is 0 Å². The second-order valence-electron chi connectivity index (χ2n) is 3.90. The van der Waals surface area contributed by atoms with Crippen LogP contribution in [0.25, 0.3) is 5.53 Å². The molecule has 0 saturated carbocycles. The molecule has 0 N–H and O–H groups in total. The summed E-state index contributed by atoms with van der Waals surface area (Å²) in [6, 6.07) is 0. The fourth-order valence-corrected chi connectivity index (χ4v) is 3.61. The lowest BCUT2D eigenvalue weighted by atomic mass is 10.3. The Bertz CT molecular complexity index is 503. The first-order valence-corrected chi connectivity index (χ1v) is 8.51. The third-order valence-electron chi connectivity index (χ3n) is 2.24. The van der Waals surface area contributed by atoms with Gasteiger partial charge in [-0.25, -0.2) is 0 Å². The molecule has 0 spiro atoms. The summed E-state index contributed by atoms with van der Waals surface area (Å²) >= 11 is 0. The molecule has 0 fully saturated rings. The summed E-state index contributed by atoms with van der Waals surface area (Å²) in [5, 5.41) is 0. The lowest BCUT2D eigenvalue weighted by Crippen LogP contribution is -2.32. The van der Waals surface area contributed by atoms with Crippen LogP contribution in [0.5, 0.6) is 0 Å². The van der Waals surface area contributed by atoms with E-state index in [4.69, 9.17) is 5.53 Å². The normalized spacial score (nSPS) is 15.6. The van der Waals surface area contributed by atoms with Crippen molar-refractivity contribution in [1.82, 2.24) is 0 Å². The van der Waals surface area contributed by atoms with Crippen LogP contribution in [-0.4, -0.2) is 38.2 Å². The van der Waals surface area contributed by atoms with Crippen LogP contribution in [0, 0.1) is 0 Å². The number of hydrogen-bond acceptors (Lipinski definition) is 6. The summed E-state index contributed by atoms with van der Waals surface area (Å²) in [7, 11) is -9.42. The topological polar surface area (TPSA) is 123 Å². The Morgan fingerprint density at radius 1 is 1.00 bits per heavy atom. The first-order valence-electron chi connectivity index (χ1n) is 5.69. The molecule has 2 unspecified atom stereocenters. The Kier molecular flexibility index (Phi) is 6.81. The number of hydrogen-bond donors (Lipinski definition) is 0. The SMILES string of the molecule is CCC(C)OS(=O)(=O)C(=[N+]=[N-])S(=O)(=O)OC(C)CC. The van der Waals surface area contributed by atoms with Gasteiger partial charge in [0.05, 0.1) is 12.2 Å². The molecule has 2 atom stereocenters.